The molecule has 1 N–H and O–H groups in total. The second-order valence-corrected chi connectivity index (χ2v) is 6.66. The minimum atomic E-state index is 0.196. The van der Waals surface area contributed by atoms with Crippen LogP contribution in [0.4, 0.5) is 0 Å². The molecule has 0 aromatic carbocycles. The first-order valence-corrected chi connectivity index (χ1v) is 9.22. The van der Waals surface area contributed by atoms with E-state index in [1.165, 1.54) is 56.5 Å². The number of hydrogen-bond donors (Lipinski definition) is 1. The Morgan fingerprint density at radius 1 is 1.14 bits per heavy atom. The van der Waals surface area contributed by atoms with Gasteiger partial charge < -0.3 is 5.32 Å². The van der Waals surface area contributed by atoms with Crippen LogP contribution in [0.2, 0.25) is 0 Å². The van der Waals surface area contributed by atoms with Crippen LogP contribution in [0.15, 0.2) is 12.3 Å². The first-order chi connectivity index (χ1) is 10.3. The van der Waals surface area contributed by atoms with Gasteiger partial charge in [0.2, 0.25) is 5.91 Å². The Hall–Kier alpha value is -0.900. The van der Waals surface area contributed by atoms with Crippen LogP contribution in [0.5, 0.6) is 0 Å². The van der Waals surface area contributed by atoms with E-state index in [4.69, 9.17) is 0 Å². The van der Waals surface area contributed by atoms with E-state index >= 15 is 0 Å². The third kappa shape index (κ3) is 8.20. The van der Waals surface area contributed by atoms with E-state index in [0.29, 0.717) is 6.54 Å². The summed E-state index contributed by atoms with van der Waals surface area (Å²) < 4.78 is 4.07. The summed E-state index contributed by atoms with van der Waals surface area (Å²) in [6, 6.07) is 1.97. The summed E-state index contributed by atoms with van der Waals surface area (Å²) in [6.45, 7) is 5.06. The van der Waals surface area contributed by atoms with E-state index < -0.39 is 0 Å². The second-order valence-electron chi connectivity index (χ2n) is 5.74. The van der Waals surface area contributed by atoms with Crippen LogP contribution < -0.4 is 5.32 Å². The fraction of sp³-hybridized carbons (Fsp3) is 0.765. The second kappa shape index (κ2) is 11.7. The van der Waals surface area contributed by atoms with Crippen LogP contribution in [0.25, 0.3) is 0 Å². The van der Waals surface area contributed by atoms with Crippen LogP contribution in [-0.4, -0.2) is 10.3 Å². The zero-order chi connectivity index (χ0) is 15.3. The van der Waals surface area contributed by atoms with Gasteiger partial charge >= 0.3 is 0 Å². The van der Waals surface area contributed by atoms with Gasteiger partial charge in [-0.1, -0.05) is 58.8 Å². The molecule has 1 aromatic heterocycles. The molecule has 1 rings (SSSR count). The van der Waals surface area contributed by atoms with Crippen molar-refractivity contribution in [3.63, 3.8) is 0 Å². The molecule has 120 valence electrons. The SMILES string of the molecule is CCCCCCC(CCCCC)C(=O)NCc1ccns1. The quantitative estimate of drug-likeness (QED) is 0.556. The summed E-state index contributed by atoms with van der Waals surface area (Å²) in [5.74, 6) is 0.428. The number of unbranched alkanes of at least 4 members (excludes halogenated alkanes) is 5. The van der Waals surface area contributed by atoms with Gasteiger partial charge in [-0.05, 0) is 30.4 Å². The molecule has 0 aliphatic rings. The highest BCUT2D eigenvalue weighted by atomic mass is 32.1. The van der Waals surface area contributed by atoms with Crippen molar-refractivity contribution in [3.05, 3.63) is 17.1 Å². The van der Waals surface area contributed by atoms with Crippen LogP contribution in [0.3, 0.4) is 0 Å². The lowest BCUT2D eigenvalue weighted by molar-refractivity contribution is -0.125. The third-order valence-corrected chi connectivity index (χ3v) is 4.60. The largest absolute Gasteiger partial charge is 0.351 e. The van der Waals surface area contributed by atoms with Crippen molar-refractivity contribution in [2.24, 2.45) is 5.92 Å². The van der Waals surface area contributed by atoms with Crippen molar-refractivity contribution in [2.45, 2.75) is 78.2 Å². The molecular weight excluding hydrogens is 280 g/mol. The number of amides is 1. The molecule has 1 atom stereocenters. The highest BCUT2D eigenvalue weighted by molar-refractivity contribution is 7.05. The van der Waals surface area contributed by atoms with Crippen LogP contribution in [0, 0.1) is 5.92 Å². The van der Waals surface area contributed by atoms with Gasteiger partial charge in [-0.2, -0.15) is 0 Å². The van der Waals surface area contributed by atoms with Gasteiger partial charge in [-0.3, -0.25) is 4.79 Å². The van der Waals surface area contributed by atoms with Crippen molar-refractivity contribution < 1.29 is 4.79 Å². The fourth-order valence-corrected chi connectivity index (χ4v) is 3.03. The standard InChI is InChI=1S/C17H30N2OS/c1-3-5-7-9-11-15(10-8-6-4-2)17(20)18-14-16-12-13-19-21-16/h12-13,15H,3-11,14H2,1-2H3,(H,18,20). The normalized spacial score (nSPS) is 12.3. The molecule has 0 fully saturated rings. The summed E-state index contributed by atoms with van der Waals surface area (Å²) in [7, 11) is 0. The maximum atomic E-state index is 12.4. The zero-order valence-electron chi connectivity index (χ0n) is 13.6. The number of nitrogens with one attached hydrogen (secondary N) is 1. The van der Waals surface area contributed by atoms with Crippen molar-refractivity contribution in [2.75, 3.05) is 0 Å². The highest BCUT2D eigenvalue weighted by Crippen LogP contribution is 2.18. The smallest absolute Gasteiger partial charge is 0.223 e. The number of hydrogen-bond acceptors (Lipinski definition) is 3. The molecule has 0 aliphatic heterocycles. The first-order valence-electron chi connectivity index (χ1n) is 8.45. The Morgan fingerprint density at radius 2 is 1.81 bits per heavy atom. The Kier molecular flexibility index (Phi) is 10.1. The number of rotatable bonds is 12. The van der Waals surface area contributed by atoms with Gasteiger partial charge in [0, 0.05) is 17.0 Å². The molecule has 0 saturated carbocycles. The van der Waals surface area contributed by atoms with Crippen molar-refractivity contribution in [3.8, 4) is 0 Å². The minimum Gasteiger partial charge on any atom is -0.351 e. The Bertz CT molecular complexity index is 365. The van der Waals surface area contributed by atoms with Gasteiger partial charge in [0.15, 0.2) is 0 Å². The molecule has 0 aliphatic carbocycles. The molecule has 1 heterocycles. The Morgan fingerprint density at radius 3 is 2.43 bits per heavy atom. The predicted octanol–water partition coefficient (Wildman–Crippen LogP) is 4.93. The molecule has 0 radical (unpaired) electrons. The molecule has 1 amide bonds. The Balaban J connectivity index is 2.34. The van der Waals surface area contributed by atoms with Crippen molar-refractivity contribution in [1.82, 2.24) is 9.69 Å². The van der Waals surface area contributed by atoms with Gasteiger partial charge in [-0.25, -0.2) is 4.37 Å². The molecule has 1 unspecified atom stereocenters. The lowest BCUT2D eigenvalue weighted by Crippen LogP contribution is -2.30. The van der Waals surface area contributed by atoms with Gasteiger partial charge in [0.1, 0.15) is 0 Å². The highest BCUT2D eigenvalue weighted by Gasteiger charge is 2.17. The molecule has 21 heavy (non-hydrogen) atoms. The number of carbonyl (C=O) groups is 1. The van der Waals surface area contributed by atoms with Gasteiger partial charge in [0.05, 0.1) is 6.54 Å². The van der Waals surface area contributed by atoms with Crippen molar-refractivity contribution >= 4 is 17.4 Å². The number of carbonyl (C=O) groups excluding carboxylic acids is 1. The van der Waals surface area contributed by atoms with Gasteiger partial charge in [0.25, 0.3) is 0 Å². The van der Waals surface area contributed by atoms with E-state index in [0.717, 1.165) is 17.7 Å². The minimum absolute atomic E-state index is 0.196. The average Bonchev–Trinajstić information content (AvgIpc) is 3.01. The molecule has 0 saturated heterocycles. The monoisotopic (exact) mass is 310 g/mol. The fourth-order valence-electron chi connectivity index (χ4n) is 2.52. The lowest BCUT2D eigenvalue weighted by atomic mass is 9.94. The first kappa shape index (κ1) is 18.1. The van der Waals surface area contributed by atoms with Crippen LogP contribution >= 0.6 is 11.5 Å². The van der Waals surface area contributed by atoms with E-state index in [2.05, 4.69) is 23.5 Å². The molecule has 1 aromatic rings. The number of aromatic nitrogens is 1. The van der Waals surface area contributed by atoms with Crippen molar-refractivity contribution in [1.29, 1.82) is 0 Å². The molecule has 0 spiro atoms. The molecule has 4 heteroatoms. The van der Waals surface area contributed by atoms with E-state index in [1.54, 1.807) is 6.20 Å². The maximum absolute atomic E-state index is 12.4. The van der Waals surface area contributed by atoms with Gasteiger partial charge in [-0.15, -0.1) is 0 Å². The molecular formula is C17H30N2OS. The topological polar surface area (TPSA) is 42.0 Å². The average molecular weight is 311 g/mol. The summed E-state index contributed by atoms with van der Waals surface area (Å²) in [5, 5.41) is 3.08. The summed E-state index contributed by atoms with van der Waals surface area (Å²) in [4.78, 5) is 13.5. The summed E-state index contributed by atoms with van der Waals surface area (Å²) >= 11 is 1.46. The van der Waals surface area contributed by atoms with E-state index in [-0.39, 0.29) is 11.8 Å². The van der Waals surface area contributed by atoms with Crippen LogP contribution in [-0.2, 0) is 11.3 Å². The molecule has 0 bridgehead atoms. The van der Waals surface area contributed by atoms with E-state index in [9.17, 15) is 4.79 Å². The molecule has 3 nitrogen and oxygen atoms in total. The predicted molar refractivity (Wildman–Crippen MR) is 90.4 cm³/mol. The third-order valence-electron chi connectivity index (χ3n) is 3.86. The van der Waals surface area contributed by atoms with E-state index in [1.807, 2.05) is 6.07 Å². The van der Waals surface area contributed by atoms with Crippen LogP contribution in [0.1, 0.15) is 76.5 Å². The number of nitrogens with zero attached hydrogens (tertiary/aromatic N) is 1. The summed E-state index contributed by atoms with van der Waals surface area (Å²) in [5.41, 5.74) is 0. The lowest BCUT2D eigenvalue weighted by Gasteiger charge is -2.16. The summed E-state index contributed by atoms with van der Waals surface area (Å²) in [6.07, 6.45) is 12.4. The maximum Gasteiger partial charge on any atom is 0.223 e. The Labute approximate surface area is 133 Å². The zero-order valence-corrected chi connectivity index (χ0v) is 14.4.